The van der Waals surface area contributed by atoms with Gasteiger partial charge in [0, 0.05) is 6.08 Å². The maximum atomic E-state index is 10.7. The average molecular weight is 143 g/mol. The number of carbonyl (C=O) groups is 1. The molecule has 0 saturated carbocycles. The third kappa shape index (κ3) is 2.01. The molecule has 0 spiro atoms. The van der Waals surface area contributed by atoms with Crippen molar-refractivity contribution in [3.63, 3.8) is 0 Å². The van der Waals surface area contributed by atoms with Crippen LogP contribution in [0.5, 0.6) is 0 Å². The summed E-state index contributed by atoms with van der Waals surface area (Å²) in [7, 11) is 1.20. The Balaban J connectivity index is 4.38. The molecule has 4 heteroatoms. The van der Waals surface area contributed by atoms with Crippen molar-refractivity contribution in [3.05, 3.63) is 6.08 Å². The van der Waals surface area contributed by atoms with Gasteiger partial charge in [0.15, 0.2) is 0 Å². The van der Waals surface area contributed by atoms with Gasteiger partial charge in [0.1, 0.15) is 11.5 Å². The molecule has 10 heavy (non-hydrogen) atoms. The highest BCUT2D eigenvalue weighted by molar-refractivity contribution is 5.84. The van der Waals surface area contributed by atoms with Crippen LogP contribution < -0.4 is 5.73 Å². The van der Waals surface area contributed by atoms with Gasteiger partial charge >= 0.3 is 5.97 Å². The van der Waals surface area contributed by atoms with E-state index in [1.165, 1.54) is 20.0 Å². The predicted octanol–water partition coefficient (Wildman–Crippen LogP) is -0.735. The summed E-state index contributed by atoms with van der Waals surface area (Å²) in [4.78, 5) is 20.4. The SMILES string of the molecule is COC(=O)C(C)(N)C=C=O. The minimum Gasteiger partial charge on any atom is -0.467 e. The molecule has 0 heterocycles. The van der Waals surface area contributed by atoms with Crippen LogP contribution in [0.15, 0.2) is 6.08 Å². The first-order valence-corrected chi connectivity index (χ1v) is 2.64. The zero-order chi connectivity index (χ0) is 8.20. The molecule has 0 fully saturated rings. The van der Waals surface area contributed by atoms with E-state index in [1.807, 2.05) is 0 Å². The normalized spacial score (nSPS) is 14.7. The lowest BCUT2D eigenvalue weighted by Gasteiger charge is -2.13. The lowest BCUT2D eigenvalue weighted by atomic mass is 10.1. The Morgan fingerprint density at radius 1 is 1.80 bits per heavy atom. The van der Waals surface area contributed by atoms with Gasteiger partial charge in [-0.15, -0.1) is 0 Å². The van der Waals surface area contributed by atoms with E-state index in [9.17, 15) is 9.59 Å². The molecular weight excluding hydrogens is 134 g/mol. The van der Waals surface area contributed by atoms with Gasteiger partial charge in [-0.25, -0.2) is 9.59 Å². The molecule has 0 bridgehead atoms. The monoisotopic (exact) mass is 143 g/mol. The second-order valence-electron chi connectivity index (χ2n) is 2.04. The van der Waals surface area contributed by atoms with E-state index in [0.29, 0.717) is 0 Å². The highest BCUT2D eigenvalue weighted by Crippen LogP contribution is 2.00. The van der Waals surface area contributed by atoms with Gasteiger partial charge in [-0.3, -0.25) is 0 Å². The lowest BCUT2D eigenvalue weighted by molar-refractivity contribution is -0.144. The van der Waals surface area contributed by atoms with Crippen LogP contribution in [0.1, 0.15) is 6.92 Å². The zero-order valence-electron chi connectivity index (χ0n) is 5.88. The number of hydrogen-bond acceptors (Lipinski definition) is 4. The van der Waals surface area contributed by atoms with Crippen LogP contribution in [-0.4, -0.2) is 24.6 Å². The number of methoxy groups -OCH3 is 1. The molecule has 0 saturated heterocycles. The topological polar surface area (TPSA) is 69.4 Å². The molecule has 0 aromatic heterocycles. The fourth-order valence-electron chi connectivity index (χ4n) is 0.401. The van der Waals surface area contributed by atoms with Crippen molar-refractivity contribution in [3.8, 4) is 0 Å². The van der Waals surface area contributed by atoms with Gasteiger partial charge < -0.3 is 10.5 Å². The summed E-state index contributed by atoms with van der Waals surface area (Å²) in [5.74, 6) is 0.766. The van der Waals surface area contributed by atoms with Crippen molar-refractivity contribution in [1.29, 1.82) is 0 Å². The first kappa shape index (κ1) is 8.88. The summed E-state index contributed by atoms with van der Waals surface area (Å²) in [6.07, 6.45) is 0.916. The molecule has 0 aromatic rings. The molecular formula is C6H9NO3. The highest BCUT2D eigenvalue weighted by Gasteiger charge is 2.26. The summed E-state index contributed by atoms with van der Waals surface area (Å²) < 4.78 is 4.29. The summed E-state index contributed by atoms with van der Waals surface area (Å²) in [6, 6.07) is 0. The minimum atomic E-state index is -1.35. The fourth-order valence-corrected chi connectivity index (χ4v) is 0.401. The van der Waals surface area contributed by atoms with E-state index in [2.05, 4.69) is 4.74 Å². The van der Waals surface area contributed by atoms with Crippen LogP contribution in [0.25, 0.3) is 0 Å². The molecule has 0 rings (SSSR count). The van der Waals surface area contributed by atoms with Crippen molar-refractivity contribution in [2.24, 2.45) is 5.73 Å². The standard InChI is InChI=1S/C6H9NO3/c1-6(7,3-4-8)5(9)10-2/h3H,7H2,1-2H3. The van der Waals surface area contributed by atoms with Gasteiger partial charge in [0.2, 0.25) is 0 Å². The Hall–Kier alpha value is -1.12. The minimum absolute atomic E-state index is 0.657. The van der Waals surface area contributed by atoms with Crippen molar-refractivity contribution >= 4 is 11.9 Å². The van der Waals surface area contributed by atoms with Crippen molar-refractivity contribution in [2.75, 3.05) is 7.11 Å². The van der Waals surface area contributed by atoms with Crippen LogP contribution in [0.3, 0.4) is 0 Å². The summed E-state index contributed by atoms with van der Waals surface area (Å²) in [6.45, 7) is 1.36. The molecule has 2 N–H and O–H groups in total. The second kappa shape index (κ2) is 3.15. The van der Waals surface area contributed by atoms with E-state index in [1.54, 1.807) is 0 Å². The largest absolute Gasteiger partial charge is 0.467 e. The van der Waals surface area contributed by atoms with E-state index < -0.39 is 11.5 Å². The van der Waals surface area contributed by atoms with Crippen LogP contribution in [0, 0.1) is 0 Å². The molecule has 1 atom stereocenters. The zero-order valence-corrected chi connectivity index (χ0v) is 5.88. The average Bonchev–Trinajstić information content (AvgIpc) is 1.86. The number of esters is 1. The van der Waals surface area contributed by atoms with Gasteiger partial charge in [-0.2, -0.15) is 0 Å². The molecule has 0 radical (unpaired) electrons. The molecule has 4 nitrogen and oxygen atoms in total. The Morgan fingerprint density at radius 3 is 2.60 bits per heavy atom. The van der Waals surface area contributed by atoms with E-state index in [0.717, 1.165) is 6.08 Å². The smallest absolute Gasteiger partial charge is 0.330 e. The molecule has 1 unspecified atom stereocenters. The number of hydrogen-bond donors (Lipinski definition) is 1. The van der Waals surface area contributed by atoms with Crippen LogP contribution >= 0.6 is 0 Å². The maximum Gasteiger partial charge on any atom is 0.330 e. The van der Waals surface area contributed by atoms with Crippen LogP contribution in [-0.2, 0) is 14.3 Å². The van der Waals surface area contributed by atoms with Crippen molar-refractivity contribution < 1.29 is 14.3 Å². The molecule has 0 amide bonds. The molecule has 0 aliphatic rings. The van der Waals surface area contributed by atoms with Gasteiger partial charge in [0.25, 0.3) is 0 Å². The Bertz CT molecular complexity index is 179. The van der Waals surface area contributed by atoms with E-state index in [-0.39, 0.29) is 0 Å². The number of rotatable bonds is 2. The molecule has 0 aromatic carbocycles. The third-order valence-corrected chi connectivity index (χ3v) is 0.984. The Kier molecular flexibility index (Phi) is 2.80. The number of carbonyl (C=O) groups excluding carboxylic acids is 2. The number of ether oxygens (including phenoxy) is 1. The second-order valence-corrected chi connectivity index (χ2v) is 2.04. The summed E-state index contributed by atoms with van der Waals surface area (Å²) in [5.41, 5.74) is 3.94. The third-order valence-electron chi connectivity index (χ3n) is 0.984. The van der Waals surface area contributed by atoms with Crippen molar-refractivity contribution in [1.82, 2.24) is 0 Å². The lowest BCUT2D eigenvalue weighted by Crippen LogP contribution is -2.43. The molecule has 0 aliphatic heterocycles. The highest BCUT2D eigenvalue weighted by atomic mass is 16.5. The van der Waals surface area contributed by atoms with Crippen LogP contribution in [0.2, 0.25) is 0 Å². The van der Waals surface area contributed by atoms with Gasteiger partial charge in [-0.1, -0.05) is 0 Å². The van der Waals surface area contributed by atoms with Crippen LogP contribution in [0.4, 0.5) is 0 Å². The molecule has 56 valence electrons. The predicted molar refractivity (Wildman–Crippen MR) is 34.9 cm³/mol. The number of nitrogens with two attached hydrogens (primary N) is 1. The summed E-state index contributed by atoms with van der Waals surface area (Å²) in [5, 5.41) is 0. The van der Waals surface area contributed by atoms with Gasteiger partial charge in [-0.05, 0) is 6.92 Å². The quantitative estimate of drug-likeness (QED) is 0.408. The summed E-state index contributed by atoms with van der Waals surface area (Å²) >= 11 is 0. The van der Waals surface area contributed by atoms with E-state index >= 15 is 0 Å². The first-order chi connectivity index (χ1) is 4.54. The molecule has 0 aliphatic carbocycles. The van der Waals surface area contributed by atoms with Gasteiger partial charge in [0.05, 0.1) is 7.11 Å². The Morgan fingerprint density at radius 2 is 2.30 bits per heavy atom. The fraction of sp³-hybridized carbons (Fsp3) is 0.500. The van der Waals surface area contributed by atoms with Crippen molar-refractivity contribution in [2.45, 2.75) is 12.5 Å². The first-order valence-electron chi connectivity index (χ1n) is 2.64. The Labute approximate surface area is 58.7 Å². The van der Waals surface area contributed by atoms with E-state index in [4.69, 9.17) is 5.73 Å². The maximum absolute atomic E-state index is 10.7.